The summed E-state index contributed by atoms with van der Waals surface area (Å²) in [5.74, 6) is -1.16. The molecule has 0 aliphatic heterocycles. The van der Waals surface area contributed by atoms with Gasteiger partial charge in [-0.25, -0.2) is 8.42 Å². The number of alkyl halides is 3. The topological polar surface area (TPSA) is 87.7 Å². The molecule has 7 nitrogen and oxygen atoms in total. The van der Waals surface area contributed by atoms with Gasteiger partial charge in [0.25, 0.3) is 15.9 Å². The van der Waals surface area contributed by atoms with Crippen molar-refractivity contribution >= 4 is 21.6 Å². The van der Waals surface area contributed by atoms with Crippen LogP contribution in [0, 0.1) is 0 Å². The third-order valence-electron chi connectivity index (χ3n) is 4.37. The van der Waals surface area contributed by atoms with E-state index >= 15 is 0 Å². The fraction of sp³-hybridized carbons (Fsp3) is 0.350. The molecule has 0 saturated heterocycles. The Morgan fingerprint density at radius 2 is 1.65 bits per heavy atom. The van der Waals surface area contributed by atoms with Crippen molar-refractivity contribution in [1.29, 1.82) is 0 Å². The van der Waals surface area contributed by atoms with Gasteiger partial charge in [0.15, 0.2) is 0 Å². The Morgan fingerprint density at radius 1 is 1.03 bits per heavy atom. The van der Waals surface area contributed by atoms with Crippen LogP contribution in [0.3, 0.4) is 0 Å². The first-order valence-electron chi connectivity index (χ1n) is 9.54. The summed E-state index contributed by atoms with van der Waals surface area (Å²) in [6.45, 7) is 6.97. The molecule has 0 spiro atoms. The zero-order chi connectivity index (χ0) is 23.1. The Labute approximate surface area is 179 Å². The van der Waals surface area contributed by atoms with Gasteiger partial charge in [-0.05, 0) is 49.5 Å². The summed E-state index contributed by atoms with van der Waals surface area (Å²) in [5.41, 5.74) is 0.407. The Kier molecular flexibility index (Phi) is 8.28. The molecule has 0 fully saturated rings. The highest BCUT2D eigenvalue weighted by atomic mass is 32.2. The van der Waals surface area contributed by atoms with Crippen molar-refractivity contribution in [3.05, 3.63) is 54.1 Å². The number of carbonyl (C=O) groups excluding carboxylic acids is 1. The van der Waals surface area contributed by atoms with E-state index in [9.17, 15) is 26.4 Å². The number of halogens is 3. The molecule has 11 heteroatoms. The second-order valence-corrected chi connectivity index (χ2v) is 8.11. The number of nitrogens with one attached hydrogen (secondary N) is 2. The number of amides is 1. The SMILES string of the molecule is CCN(CC)CCNC(=O)c1ccc(NS(=O)(=O)c2ccccc2OC(F)(F)F)cc1. The Bertz CT molecular complexity index is 976. The lowest BCUT2D eigenvalue weighted by Crippen LogP contribution is -2.34. The smallest absolute Gasteiger partial charge is 0.404 e. The summed E-state index contributed by atoms with van der Waals surface area (Å²) < 4.78 is 68.7. The zero-order valence-electron chi connectivity index (χ0n) is 17.1. The molecule has 2 aromatic carbocycles. The summed E-state index contributed by atoms with van der Waals surface area (Å²) in [4.78, 5) is 13.7. The van der Waals surface area contributed by atoms with Crippen LogP contribution in [-0.4, -0.2) is 51.8 Å². The lowest BCUT2D eigenvalue weighted by atomic mass is 10.2. The second-order valence-electron chi connectivity index (χ2n) is 6.46. The van der Waals surface area contributed by atoms with Crippen LogP contribution in [-0.2, 0) is 10.0 Å². The molecule has 0 bridgehead atoms. The summed E-state index contributed by atoms with van der Waals surface area (Å²) in [7, 11) is -4.36. The first kappa shape index (κ1) is 24.5. The van der Waals surface area contributed by atoms with Gasteiger partial charge in [0, 0.05) is 24.3 Å². The van der Waals surface area contributed by atoms with E-state index in [1.165, 1.54) is 36.4 Å². The fourth-order valence-corrected chi connectivity index (χ4v) is 3.94. The summed E-state index contributed by atoms with van der Waals surface area (Å²) in [6.07, 6.45) is -5.04. The number of sulfonamides is 1. The standard InChI is InChI=1S/C20H24F3N3O4S/c1-3-26(4-2)14-13-24-19(27)15-9-11-16(12-10-15)25-31(28,29)18-8-6-5-7-17(18)30-20(21,22)23/h5-12,25H,3-4,13-14H2,1-2H3,(H,24,27). The third kappa shape index (κ3) is 7.44. The quantitative estimate of drug-likeness (QED) is 0.568. The van der Waals surface area contributed by atoms with E-state index in [0.717, 1.165) is 25.2 Å². The minimum Gasteiger partial charge on any atom is -0.404 e. The lowest BCUT2D eigenvalue weighted by molar-refractivity contribution is -0.275. The molecular weight excluding hydrogens is 435 g/mol. The van der Waals surface area contributed by atoms with Crippen molar-refractivity contribution in [3.63, 3.8) is 0 Å². The molecule has 0 saturated carbocycles. The highest BCUT2D eigenvalue weighted by Crippen LogP contribution is 2.30. The first-order valence-corrected chi connectivity index (χ1v) is 11.0. The molecule has 31 heavy (non-hydrogen) atoms. The normalized spacial score (nSPS) is 11.9. The average Bonchev–Trinajstić information content (AvgIpc) is 2.70. The van der Waals surface area contributed by atoms with E-state index in [1.807, 2.05) is 13.8 Å². The van der Waals surface area contributed by atoms with Crippen LogP contribution in [0.15, 0.2) is 53.4 Å². The number of likely N-dealkylation sites (N-methyl/N-ethyl adjacent to an activating group) is 1. The van der Waals surface area contributed by atoms with E-state index < -0.39 is 27.0 Å². The monoisotopic (exact) mass is 459 g/mol. The van der Waals surface area contributed by atoms with Gasteiger partial charge in [-0.1, -0.05) is 26.0 Å². The van der Waals surface area contributed by atoms with Gasteiger partial charge >= 0.3 is 6.36 Å². The molecule has 0 aliphatic rings. The molecule has 2 aromatic rings. The van der Waals surface area contributed by atoms with Gasteiger partial charge in [0.2, 0.25) is 0 Å². The number of nitrogens with zero attached hydrogens (tertiary/aromatic N) is 1. The molecule has 2 N–H and O–H groups in total. The summed E-state index contributed by atoms with van der Waals surface area (Å²) >= 11 is 0. The maximum Gasteiger partial charge on any atom is 0.573 e. The number of rotatable bonds is 10. The average molecular weight is 459 g/mol. The predicted molar refractivity (Wildman–Crippen MR) is 110 cm³/mol. The first-order chi connectivity index (χ1) is 14.6. The van der Waals surface area contributed by atoms with Crippen LogP contribution in [0.4, 0.5) is 18.9 Å². The van der Waals surface area contributed by atoms with Crippen LogP contribution in [0.25, 0.3) is 0 Å². The maximum absolute atomic E-state index is 12.6. The Morgan fingerprint density at radius 3 is 2.23 bits per heavy atom. The van der Waals surface area contributed by atoms with E-state index in [1.54, 1.807) is 0 Å². The van der Waals surface area contributed by atoms with Gasteiger partial charge in [0.1, 0.15) is 10.6 Å². The van der Waals surface area contributed by atoms with Crippen LogP contribution >= 0.6 is 0 Å². The lowest BCUT2D eigenvalue weighted by Gasteiger charge is -2.18. The van der Waals surface area contributed by atoms with Crippen molar-refractivity contribution < 1.29 is 31.1 Å². The summed E-state index contributed by atoms with van der Waals surface area (Å²) in [5, 5.41) is 2.78. The van der Waals surface area contributed by atoms with Crippen LogP contribution < -0.4 is 14.8 Å². The largest absolute Gasteiger partial charge is 0.573 e. The van der Waals surface area contributed by atoms with Crippen molar-refractivity contribution in [2.75, 3.05) is 30.9 Å². The maximum atomic E-state index is 12.6. The number of hydrogen-bond donors (Lipinski definition) is 2. The Hall–Kier alpha value is -2.79. The number of ether oxygens (including phenoxy) is 1. The fourth-order valence-electron chi connectivity index (χ4n) is 2.75. The van der Waals surface area contributed by atoms with Crippen molar-refractivity contribution in [2.45, 2.75) is 25.1 Å². The molecule has 0 aliphatic carbocycles. The number of carbonyl (C=O) groups is 1. The minimum absolute atomic E-state index is 0.0847. The molecule has 0 aromatic heterocycles. The highest BCUT2D eigenvalue weighted by molar-refractivity contribution is 7.92. The van der Waals surface area contributed by atoms with Crippen LogP contribution in [0.2, 0.25) is 0 Å². The second kappa shape index (κ2) is 10.5. The van der Waals surface area contributed by atoms with Gasteiger partial charge in [-0.15, -0.1) is 13.2 Å². The zero-order valence-corrected chi connectivity index (χ0v) is 17.9. The molecule has 0 atom stereocenters. The number of benzene rings is 2. The molecule has 1 amide bonds. The van der Waals surface area contributed by atoms with Crippen LogP contribution in [0.5, 0.6) is 5.75 Å². The predicted octanol–water partition coefficient (Wildman–Crippen LogP) is 3.46. The number of para-hydroxylation sites is 1. The van der Waals surface area contributed by atoms with E-state index in [0.29, 0.717) is 18.7 Å². The van der Waals surface area contributed by atoms with Gasteiger partial charge in [-0.2, -0.15) is 0 Å². The van der Waals surface area contributed by atoms with Crippen molar-refractivity contribution in [1.82, 2.24) is 10.2 Å². The van der Waals surface area contributed by atoms with Crippen LogP contribution in [0.1, 0.15) is 24.2 Å². The number of hydrogen-bond acceptors (Lipinski definition) is 5. The molecule has 2 rings (SSSR count). The minimum atomic E-state index is -5.04. The Balaban J connectivity index is 2.07. The molecular formula is C20H24F3N3O4S. The number of anilines is 1. The molecule has 170 valence electrons. The van der Waals surface area contributed by atoms with Gasteiger partial charge in [0.05, 0.1) is 0 Å². The third-order valence-corrected chi connectivity index (χ3v) is 5.79. The van der Waals surface area contributed by atoms with Gasteiger partial charge < -0.3 is 15.0 Å². The van der Waals surface area contributed by atoms with E-state index in [2.05, 4.69) is 19.7 Å². The van der Waals surface area contributed by atoms with Gasteiger partial charge in [-0.3, -0.25) is 9.52 Å². The molecule has 0 unspecified atom stereocenters. The van der Waals surface area contributed by atoms with Crippen molar-refractivity contribution in [2.24, 2.45) is 0 Å². The molecule has 0 heterocycles. The van der Waals surface area contributed by atoms with E-state index in [-0.39, 0.29) is 11.6 Å². The molecule has 0 radical (unpaired) electrons. The van der Waals surface area contributed by atoms with E-state index in [4.69, 9.17) is 0 Å². The highest BCUT2D eigenvalue weighted by Gasteiger charge is 2.34. The summed E-state index contributed by atoms with van der Waals surface area (Å²) in [6, 6.07) is 9.96. The van der Waals surface area contributed by atoms with Crippen molar-refractivity contribution in [3.8, 4) is 5.75 Å².